The minimum Gasteiger partial charge on any atom is -0.574 e. The maximum absolute atomic E-state index is 12.3. The highest BCUT2D eigenvalue weighted by Crippen LogP contribution is 2.38. The molecular weight excluding hydrogens is 404 g/mol. The van der Waals surface area contributed by atoms with Crippen molar-refractivity contribution in [2.24, 2.45) is 0 Å². The Morgan fingerprint density at radius 3 is 1.71 bits per heavy atom. The Balaban J connectivity index is 1.39. The summed E-state index contributed by atoms with van der Waals surface area (Å²) < 4.78 is 21.6. The fourth-order valence-corrected chi connectivity index (χ4v) is 4.33. The van der Waals surface area contributed by atoms with Crippen LogP contribution in [-0.4, -0.2) is 29.5 Å². The van der Waals surface area contributed by atoms with Gasteiger partial charge in [0.15, 0.2) is 5.79 Å². The standard InChI is InChI=1S/C23H26O8/c24-18-16(19(25)29-22(28-18)12-6-2-7-13-22)10-4-1-5-11-17-20(26)30-23(31-21(17)27)14-8-3-9-15-23/h1,4-5,10-11,24H,2-3,6-9,12-15H2/p-1/b5-1+,10-4+. The summed E-state index contributed by atoms with van der Waals surface area (Å²) in [5.41, 5.74) is -0.409. The van der Waals surface area contributed by atoms with Crippen molar-refractivity contribution in [2.75, 3.05) is 0 Å². The van der Waals surface area contributed by atoms with Crippen LogP contribution in [0.1, 0.15) is 64.2 Å². The predicted molar refractivity (Wildman–Crippen MR) is 104 cm³/mol. The lowest BCUT2D eigenvalue weighted by atomic mass is 9.93. The van der Waals surface area contributed by atoms with Crippen LogP contribution in [0.2, 0.25) is 0 Å². The Morgan fingerprint density at radius 2 is 1.16 bits per heavy atom. The van der Waals surface area contributed by atoms with Gasteiger partial charge in [-0.3, -0.25) is 0 Å². The van der Waals surface area contributed by atoms with E-state index in [2.05, 4.69) is 0 Å². The molecule has 0 bridgehead atoms. The molecule has 0 amide bonds. The minimum absolute atomic E-state index is 0.204. The van der Waals surface area contributed by atoms with Crippen LogP contribution in [0.5, 0.6) is 0 Å². The molecule has 2 saturated carbocycles. The summed E-state index contributed by atoms with van der Waals surface area (Å²) in [5.74, 6) is -5.09. The summed E-state index contributed by atoms with van der Waals surface area (Å²) >= 11 is 0. The Bertz CT molecular complexity index is 857. The molecule has 0 aromatic carbocycles. The van der Waals surface area contributed by atoms with Crippen molar-refractivity contribution in [1.29, 1.82) is 0 Å². The van der Waals surface area contributed by atoms with Crippen molar-refractivity contribution in [2.45, 2.75) is 75.8 Å². The molecule has 2 aliphatic carbocycles. The van der Waals surface area contributed by atoms with Gasteiger partial charge >= 0.3 is 17.9 Å². The Morgan fingerprint density at radius 1 is 0.645 bits per heavy atom. The quantitative estimate of drug-likeness (QED) is 0.291. The maximum Gasteiger partial charge on any atom is 0.348 e. The summed E-state index contributed by atoms with van der Waals surface area (Å²) in [4.78, 5) is 36.8. The van der Waals surface area contributed by atoms with Crippen LogP contribution in [0, 0.1) is 0 Å². The molecule has 3 fully saturated rings. The summed E-state index contributed by atoms with van der Waals surface area (Å²) in [5, 5.41) is 12.3. The molecule has 2 aliphatic heterocycles. The zero-order chi connectivity index (χ0) is 21.9. The molecule has 2 spiro atoms. The van der Waals surface area contributed by atoms with E-state index in [1.54, 1.807) is 0 Å². The summed E-state index contributed by atoms with van der Waals surface area (Å²) in [7, 11) is 0. The van der Waals surface area contributed by atoms with Crippen LogP contribution < -0.4 is 5.11 Å². The lowest BCUT2D eigenvalue weighted by Crippen LogP contribution is -2.47. The highest BCUT2D eigenvalue weighted by molar-refractivity contribution is 6.15. The van der Waals surface area contributed by atoms with Gasteiger partial charge in [-0.1, -0.05) is 31.1 Å². The number of hydrogen-bond acceptors (Lipinski definition) is 8. The van der Waals surface area contributed by atoms with Gasteiger partial charge in [0.1, 0.15) is 5.57 Å². The van der Waals surface area contributed by atoms with Crippen molar-refractivity contribution < 1.29 is 38.4 Å². The average Bonchev–Trinajstić information content (AvgIpc) is 2.72. The first-order chi connectivity index (χ1) is 14.9. The van der Waals surface area contributed by atoms with Crippen LogP contribution in [0.15, 0.2) is 47.5 Å². The molecule has 2 heterocycles. The molecule has 0 N–H and O–H groups in total. The van der Waals surface area contributed by atoms with Gasteiger partial charge in [-0.25, -0.2) is 14.4 Å². The van der Waals surface area contributed by atoms with E-state index in [1.165, 1.54) is 30.4 Å². The molecule has 4 aliphatic rings. The average molecular weight is 429 g/mol. The normalized spacial score (nSPS) is 25.5. The molecule has 166 valence electrons. The van der Waals surface area contributed by atoms with Crippen LogP contribution in [-0.2, 0) is 33.3 Å². The number of allylic oxidation sites excluding steroid dienone is 4. The molecule has 0 atom stereocenters. The van der Waals surface area contributed by atoms with E-state index in [9.17, 15) is 19.5 Å². The summed E-state index contributed by atoms with van der Waals surface area (Å²) in [6.07, 6.45) is 14.4. The number of carbonyl (C=O) groups excluding carboxylic acids is 3. The van der Waals surface area contributed by atoms with Gasteiger partial charge in [-0.05, 0) is 50.7 Å². The number of esters is 3. The fourth-order valence-electron chi connectivity index (χ4n) is 4.33. The topological polar surface area (TPSA) is 111 Å². The van der Waals surface area contributed by atoms with Gasteiger partial charge in [0.05, 0.1) is 11.5 Å². The zero-order valence-electron chi connectivity index (χ0n) is 17.2. The second kappa shape index (κ2) is 8.61. The Labute approximate surface area is 180 Å². The second-order valence-corrected chi connectivity index (χ2v) is 8.24. The molecule has 0 unspecified atom stereocenters. The predicted octanol–water partition coefficient (Wildman–Crippen LogP) is 2.59. The van der Waals surface area contributed by atoms with E-state index >= 15 is 0 Å². The molecule has 0 radical (unpaired) electrons. The molecule has 0 aromatic rings. The molecular formula is C23H25O8-. The van der Waals surface area contributed by atoms with Crippen LogP contribution in [0.4, 0.5) is 0 Å². The number of hydrogen-bond donors (Lipinski definition) is 0. The van der Waals surface area contributed by atoms with Crippen molar-refractivity contribution in [3.05, 3.63) is 47.5 Å². The van der Waals surface area contributed by atoms with Gasteiger partial charge in [-0.15, -0.1) is 0 Å². The monoisotopic (exact) mass is 429 g/mol. The van der Waals surface area contributed by atoms with E-state index in [0.717, 1.165) is 38.5 Å². The van der Waals surface area contributed by atoms with Gasteiger partial charge in [0.25, 0.3) is 5.79 Å². The minimum atomic E-state index is -1.12. The third-order valence-electron chi connectivity index (χ3n) is 5.97. The van der Waals surface area contributed by atoms with E-state index in [4.69, 9.17) is 18.9 Å². The number of carbonyl (C=O) groups is 3. The highest BCUT2D eigenvalue weighted by Gasteiger charge is 2.46. The molecule has 4 rings (SSSR count). The lowest BCUT2D eigenvalue weighted by molar-refractivity contribution is -0.401. The fraction of sp³-hybridized carbons (Fsp3) is 0.522. The van der Waals surface area contributed by atoms with Crippen LogP contribution >= 0.6 is 0 Å². The smallest absolute Gasteiger partial charge is 0.348 e. The molecule has 31 heavy (non-hydrogen) atoms. The molecule has 0 aromatic heterocycles. The Hall–Kier alpha value is -3.03. The molecule has 8 heteroatoms. The van der Waals surface area contributed by atoms with E-state index in [0.29, 0.717) is 25.7 Å². The Kier molecular flexibility index (Phi) is 5.89. The first-order valence-electron chi connectivity index (χ1n) is 10.8. The summed E-state index contributed by atoms with van der Waals surface area (Å²) in [6.45, 7) is 0. The summed E-state index contributed by atoms with van der Waals surface area (Å²) in [6, 6.07) is 0. The molecule has 1 saturated heterocycles. The largest absolute Gasteiger partial charge is 0.574 e. The van der Waals surface area contributed by atoms with Crippen molar-refractivity contribution in [1.82, 2.24) is 0 Å². The number of rotatable bonds is 3. The van der Waals surface area contributed by atoms with E-state index < -0.39 is 35.4 Å². The molecule has 8 nitrogen and oxygen atoms in total. The van der Waals surface area contributed by atoms with E-state index in [1.807, 2.05) is 0 Å². The van der Waals surface area contributed by atoms with Gasteiger partial charge in [0, 0.05) is 12.8 Å². The highest BCUT2D eigenvalue weighted by atomic mass is 16.8. The van der Waals surface area contributed by atoms with Crippen molar-refractivity contribution in [3.63, 3.8) is 0 Å². The van der Waals surface area contributed by atoms with Gasteiger partial charge < -0.3 is 24.1 Å². The van der Waals surface area contributed by atoms with E-state index in [-0.39, 0.29) is 11.1 Å². The SMILES string of the molecule is O=C1OC2(CCCCC2)OC(=O)C1=C/C=C/C=C/C1=C([O-])OC2(CCCCC2)OC1=O. The van der Waals surface area contributed by atoms with Crippen LogP contribution in [0.3, 0.4) is 0 Å². The van der Waals surface area contributed by atoms with Gasteiger partial charge in [0.2, 0.25) is 0 Å². The van der Waals surface area contributed by atoms with Crippen molar-refractivity contribution in [3.8, 4) is 0 Å². The van der Waals surface area contributed by atoms with Crippen molar-refractivity contribution >= 4 is 17.9 Å². The first kappa shape index (κ1) is 21.2. The zero-order valence-corrected chi connectivity index (χ0v) is 17.2. The number of ether oxygens (including phenoxy) is 4. The van der Waals surface area contributed by atoms with Crippen LogP contribution in [0.25, 0.3) is 0 Å². The third kappa shape index (κ3) is 4.52. The third-order valence-corrected chi connectivity index (χ3v) is 5.97. The first-order valence-corrected chi connectivity index (χ1v) is 10.8. The second-order valence-electron chi connectivity index (χ2n) is 8.24. The van der Waals surface area contributed by atoms with Gasteiger partial charge in [-0.2, -0.15) is 0 Å². The maximum atomic E-state index is 12.3. The lowest BCUT2D eigenvalue weighted by Gasteiger charge is -2.46.